The molecule has 5 nitrogen and oxygen atoms in total. The fraction of sp³-hybridized carbons (Fsp3) is 0.227. The number of nitrogens with one attached hydrogen (secondary N) is 1. The number of amides is 1. The van der Waals surface area contributed by atoms with Crippen LogP contribution in [0.25, 0.3) is 10.6 Å². The van der Waals surface area contributed by atoms with Crippen LogP contribution in [-0.4, -0.2) is 23.3 Å². The van der Waals surface area contributed by atoms with E-state index < -0.39 is 0 Å². The molecule has 0 radical (unpaired) electrons. The van der Waals surface area contributed by atoms with Gasteiger partial charge in [-0.3, -0.25) is 9.59 Å². The molecule has 0 atom stereocenters. The van der Waals surface area contributed by atoms with Crippen molar-refractivity contribution in [3.05, 3.63) is 64.2 Å². The molecule has 1 heterocycles. The first-order valence-corrected chi connectivity index (χ1v) is 9.73. The molecule has 0 spiro atoms. The van der Waals surface area contributed by atoms with Crippen LogP contribution in [0.2, 0.25) is 0 Å². The Balaban J connectivity index is 1.60. The molecule has 1 aromatic heterocycles. The summed E-state index contributed by atoms with van der Waals surface area (Å²) in [5.74, 6) is 0.408. The summed E-state index contributed by atoms with van der Waals surface area (Å²) in [6.07, 6.45) is 0. The summed E-state index contributed by atoms with van der Waals surface area (Å²) in [5.41, 5.74) is 4.61. The number of carbonyl (C=O) groups is 2. The van der Waals surface area contributed by atoms with Gasteiger partial charge < -0.3 is 10.1 Å². The zero-order valence-corrected chi connectivity index (χ0v) is 17.1. The summed E-state index contributed by atoms with van der Waals surface area (Å²) in [5, 5.41) is 3.64. The van der Waals surface area contributed by atoms with Gasteiger partial charge in [0, 0.05) is 18.2 Å². The van der Waals surface area contributed by atoms with Gasteiger partial charge in [-0.25, -0.2) is 4.98 Å². The van der Waals surface area contributed by atoms with Crippen LogP contribution in [0.5, 0.6) is 5.75 Å². The van der Waals surface area contributed by atoms with Gasteiger partial charge in [0.1, 0.15) is 10.8 Å². The lowest BCUT2D eigenvalue weighted by atomic mass is 10.1. The van der Waals surface area contributed by atoms with E-state index in [4.69, 9.17) is 4.74 Å². The average molecular weight is 394 g/mol. The number of carbonyl (C=O) groups excluding carboxylic acids is 2. The highest BCUT2D eigenvalue weighted by molar-refractivity contribution is 7.17. The Hall–Kier alpha value is -2.99. The Kier molecular flexibility index (Phi) is 5.90. The number of thiazole rings is 1. The van der Waals surface area contributed by atoms with E-state index >= 15 is 0 Å². The molecule has 3 rings (SSSR count). The number of ether oxygens (including phenoxy) is 1. The molecule has 3 aromatic rings. The van der Waals surface area contributed by atoms with Crippen LogP contribution in [0, 0.1) is 20.8 Å². The first-order chi connectivity index (χ1) is 13.3. The molecule has 0 unspecified atom stereocenters. The second-order valence-corrected chi connectivity index (χ2v) is 7.73. The third kappa shape index (κ3) is 4.84. The summed E-state index contributed by atoms with van der Waals surface area (Å²) in [6, 6.07) is 13.2. The third-order valence-corrected chi connectivity index (χ3v) is 5.40. The van der Waals surface area contributed by atoms with Gasteiger partial charge in [-0.1, -0.05) is 6.07 Å². The monoisotopic (exact) mass is 394 g/mol. The molecule has 144 valence electrons. The minimum Gasteiger partial charge on any atom is -0.484 e. The van der Waals surface area contributed by atoms with Crippen molar-refractivity contribution in [3.8, 4) is 16.3 Å². The van der Waals surface area contributed by atoms with Gasteiger partial charge in [-0.15, -0.1) is 11.3 Å². The minimum atomic E-state index is -0.212. The number of Topliss-reactive ketones (excluding diaryl/α,β-unsaturated/α-hetero) is 1. The molecular weight excluding hydrogens is 372 g/mol. The lowest BCUT2D eigenvalue weighted by Gasteiger charge is -2.09. The number of ketones is 1. The largest absolute Gasteiger partial charge is 0.484 e. The van der Waals surface area contributed by atoms with Gasteiger partial charge in [0.05, 0.1) is 10.6 Å². The Bertz CT molecular complexity index is 1000. The van der Waals surface area contributed by atoms with Crippen molar-refractivity contribution in [3.63, 3.8) is 0 Å². The molecule has 0 saturated heterocycles. The van der Waals surface area contributed by atoms with E-state index in [0.29, 0.717) is 10.6 Å². The lowest BCUT2D eigenvalue weighted by Crippen LogP contribution is -2.20. The van der Waals surface area contributed by atoms with Gasteiger partial charge in [0.25, 0.3) is 5.91 Å². The number of nitrogens with zero attached hydrogens (tertiary/aromatic N) is 1. The highest BCUT2D eigenvalue weighted by atomic mass is 32.1. The van der Waals surface area contributed by atoms with E-state index in [2.05, 4.69) is 16.4 Å². The molecule has 0 aliphatic carbocycles. The smallest absolute Gasteiger partial charge is 0.262 e. The van der Waals surface area contributed by atoms with E-state index in [1.165, 1.54) is 11.3 Å². The summed E-state index contributed by atoms with van der Waals surface area (Å²) in [4.78, 5) is 28.9. The second kappa shape index (κ2) is 8.35. The van der Waals surface area contributed by atoms with Crippen molar-refractivity contribution in [1.29, 1.82) is 0 Å². The van der Waals surface area contributed by atoms with Crippen molar-refractivity contribution >= 4 is 28.7 Å². The van der Waals surface area contributed by atoms with Crippen LogP contribution >= 0.6 is 11.3 Å². The maximum Gasteiger partial charge on any atom is 0.262 e. The van der Waals surface area contributed by atoms with E-state index in [9.17, 15) is 9.59 Å². The lowest BCUT2D eigenvalue weighted by molar-refractivity contribution is -0.118. The van der Waals surface area contributed by atoms with E-state index in [1.54, 1.807) is 19.1 Å². The fourth-order valence-corrected chi connectivity index (χ4v) is 3.90. The number of benzene rings is 2. The SMILES string of the molecule is CC(=O)c1sc(-c2ccc(OCC(=O)Nc3cc(C)cc(C)c3)cc2)nc1C. The highest BCUT2D eigenvalue weighted by Gasteiger charge is 2.13. The van der Waals surface area contributed by atoms with E-state index in [1.807, 2.05) is 45.0 Å². The van der Waals surface area contributed by atoms with Gasteiger partial charge in [-0.05, 0) is 68.3 Å². The van der Waals surface area contributed by atoms with Crippen molar-refractivity contribution < 1.29 is 14.3 Å². The topological polar surface area (TPSA) is 68.3 Å². The summed E-state index contributed by atoms with van der Waals surface area (Å²) in [6.45, 7) is 7.29. The molecular formula is C22H22N2O3S. The summed E-state index contributed by atoms with van der Waals surface area (Å²) >= 11 is 1.38. The Morgan fingerprint density at radius 1 is 1.04 bits per heavy atom. The molecule has 6 heteroatoms. The number of anilines is 1. The van der Waals surface area contributed by atoms with E-state index in [0.717, 1.165) is 33.1 Å². The zero-order chi connectivity index (χ0) is 20.3. The van der Waals surface area contributed by atoms with Crippen LogP contribution in [-0.2, 0) is 4.79 Å². The maximum absolute atomic E-state index is 12.1. The molecule has 0 bridgehead atoms. The van der Waals surface area contributed by atoms with Crippen molar-refractivity contribution in [2.75, 3.05) is 11.9 Å². The summed E-state index contributed by atoms with van der Waals surface area (Å²) < 4.78 is 5.58. The Morgan fingerprint density at radius 2 is 1.68 bits per heavy atom. The van der Waals surface area contributed by atoms with Gasteiger partial charge in [0.15, 0.2) is 12.4 Å². The maximum atomic E-state index is 12.1. The first-order valence-electron chi connectivity index (χ1n) is 8.91. The molecule has 0 fully saturated rings. The van der Waals surface area contributed by atoms with Crippen molar-refractivity contribution in [2.24, 2.45) is 0 Å². The molecule has 0 saturated carbocycles. The molecule has 2 aromatic carbocycles. The third-order valence-electron chi connectivity index (χ3n) is 4.09. The predicted octanol–water partition coefficient (Wildman–Crippen LogP) is 4.96. The number of hydrogen-bond acceptors (Lipinski definition) is 5. The van der Waals surface area contributed by atoms with Crippen molar-refractivity contribution in [2.45, 2.75) is 27.7 Å². The first kappa shape index (κ1) is 19.8. The number of hydrogen-bond donors (Lipinski definition) is 1. The van der Waals surface area contributed by atoms with Crippen LogP contribution < -0.4 is 10.1 Å². The standard InChI is InChI=1S/C22H22N2O3S/c1-13-9-14(2)11-18(10-13)24-20(26)12-27-19-7-5-17(6-8-19)22-23-15(3)21(28-22)16(4)25/h5-11H,12H2,1-4H3,(H,24,26). The number of rotatable bonds is 6. The molecule has 1 N–H and O–H groups in total. The molecule has 0 aliphatic heterocycles. The number of aromatic nitrogens is 1. The van der Waals surface area contributed by atoms with Gasteiger partial charge >= 0.3 is 0 Å². The van der Waals surface area contributed by atoms with E-state index in [-0.39, 0.29) is 18.3 Å². The van der Waals surface area contributed by atoms with Crippen LogP contribution in [0.4, 0.5) is 5.69 Å². The van der Waals surface area contributed by atoms with Crippen molar-refractivity contribution in [1.82, 2.24) is 4.98 Å². The predicted molar refractivity (Wildman–Crippen MR) is 112 cm³/mol. The minimum absolute atomic E-state index is 0.0241. The van der Waals surface area contributed by atoms with Crippen LogP contribution in [0.3, 0.4) is 0 Å². The normalized spacial score (nSPS) is 10.6. The van der Waals surface area contributed by atoms with Gasteiger partial charge in [0.2, 0.25) is 0 Å². The average Bonchev–Trinajstić information content (AvgIpc) is 3.01. The Labute approximate surface area is 168 Å². The molecule has 0 aliphatic rings. The van der Waals surface area contributed by atoms with Gasteiger partial charge in [-0.2, -0.15) is 0 Å². The fourth-order valence-electron chi connectivity index (χ4n) is 2.93. The quantitative estimate of drug-likeness (QED) is 0.600. The molecule has 28 heavy (non-hydrogen) atoms. The second-order valence-electron chi connectivity index (χ2n) is 6.73. The Morgan fingerprint density at radius 3 is 2.25 bits per heavy atom. The number of aryl methyl sites for hydroxylation is 3. The highest BCUT2D eigenvalue weighted by Crippen LogP contribution is 2.29. The van der Waals surface area contributed by atoms with Crippen LogP contribution in [0.15, 0.2) is 42.5 Å². The van der Waals surface area contributed by atoms with Crippen LogP contribution in [0.1, 0.15) is 33.4 Å². The zero-order valence-electron chi connectivity index (χ0n) is 16.3. The molecule has 1 amide bonds. The summed E-state index contributed by atoms with van der Waals surface area (Å²) in [7, 11) is 0.